The summed E-state index contributed by atoms with van der Waals surface area (Å²) in [6, 6.07) is 10.6. The number of nitrogens with zero attached hydrogens (tertiary/aromatic N) is 3. The van der Waals surface area contributed by atoms with Gasteiger partial charge in [0.25, 0.3) is 0 Å². The summed E-state index contributed by atoms with van der Waals surface area (Å²) in [5.41, 5.74) is 2.41. The van der Waals surface area contributed by atoms with E-state index in [2.05, 4.69) is 30.9 Å². The predicted molar refractivity (Wildman–Crippen MR) is 113 cm³/mol. The molecule has 0 radical (unpaired) electrons. The first kappa shape index (κ1) is 19.4. The highest BCUT2D eigenvalue weighted by Crippen LogP contribution is 2.18. The average molecular weight is 396 g/mol. The van der Waals surface area contributed by atoms with Gasteiger partial charge in [0.05, 0.1) is 18.4 Å². The molecule has 8 nitrogen and oxygen atoms in total. The van der Waals surface area contributed by atoms with E-state index in [1.54, 1.807) is 43.5 Å². The van der Waals surface area contributed by atoms with Crippen LogP contribution in [0.4, 0.5) is 17.3 Å². The number of esters is 1. The van der Waals surface area contributed by atoms with Gasteiger partial charge in [-0.3, -0.25) is 0 Å². The van der Waals surface area contributed by atoms with Gasteiger partial charge in [-0.15, -0.1) is 0 Å². The summed E-state index contributed by atoms with van der Waals surface area (Å²) in [7, 11) is 0. The number of anilines is 3. The maximum Gasteiger partial charge on any atom is 0.338 e. The van der Waals surface area contributed by atoms with Crippen LogP contribution in [0, 0.1) is 0 Å². The third kappa shape index (κ3) is 4.89. The van der Waals surface area contributed by atoms with Gasteiger partial charge in [0.1, 0.15) is 11.3 Å². The topological polar surface area (TPSA) is 101 Å². The first-order valence-corrected chi connectivity index (χ1v) is 9.22. The number of hydrogen-bond donors (Lipinski definition) is 3. The van der Waals surface area contributed by atoms with Crippen LogP contribution in [0.15, 0.2) is 42.6 Å². The molecule has 0 aliphatic rings. The Balaban J connectivity index is 1.75. The van der Waals surface area contributed by atoms with Crippen molar-refractivity contribution in [3.05, 3.63) is 48.2 Å². The fraction of sp³-hybridized carbons (Fsp3) is 0.211. The van der Waals surface area contributed by atoms with Crippen molar-refractivity contribution in [1.29, 1.82) is 0 Å². The lowest BCUT2D eigenvalue weighted by atomic mass is 10.2. The summed E-state index contributed by atoms with van der Waals surface area (Å²) in [4.78, 5) is 25.0. The summed E-state index contributed by atoms with van der Waals surface area (Å²) in [5.74, 6) is 0.776. The van der Waals surface area contributed by atoms with Gasteiger partial charge in [-0.1, -0.05) is 0 Å². The second kappa shape index (κ2) is 9.05. The minimum Gasteiger partial charge on any atom is -0.462 e. The van der Waals surface area contributed by atoms with Gasteiger partial charge in [-0.05, 0) is 62.5 Å². The van der Waals surface area contributed by atoms with Gasteiger partial charge in [-0.25, -0.2) is 19.7 Å². The first-order chi connectivity index (χ1) is 13.6. The van der Waals surface area contributed by atoms with Gasteiger partial charge < -0.3 is 20.7 Å². The fourth-order valence-electron chi connectivity index (χ4n) is 2.40. The van der Waals surface area contributed by atoms with Crippen LogP contribution in [0.1, 0.15) is 24.2 Å². The normalized spacial score (nSPS) is 10.4. The SMILES string of the molecule is CCNC(=S)Nc1ccc2ncc(Nc3ccc(C(=O)OCC)cc3)nc2n1. The third-order valence-electron chi connectivity index (χ3n) is 3.65. The van der Waals surface area contributed by atoms with Gasteiger partial charge in [0.15, 0.2) is 16.6 Å². The molecule has 0 bridgehead atoms. The smallest absolute Gasteiger partial charge is 0.338 e. The van der Waals surface area contributed by atoms with Crippen molar-refractivity contribution >= 4 is 51.8 Å². The Morgan fingerprint density at radius 3 is 2.54 bits per heavy atom. The van der Waals surface area contributed by atoms with E-state index in [0.717, 1.165) is 12.2 Å². The number of thiocarbonyl (C=S) groups is 1. The molecular formula is C19H20N6O2S. The highest BCUT2D eigenvalue weighted by Gasteiger charge is 2.07. The van der Waals surface area contributed by atoms with E-state index < -0.39 is 0 Å². The molecule has 3 aromatic rings. The molecule has 0 saturated carbocycles. The highest BCUT2D eigenvalue weighted by atomic mass is 32.1. The lowest BCUT2D eigenvalue weighted by Crippen LogP contribution is -2.28. The number of ether oxygens (including phenoxy) is 1. The van der Waals surface area contributed by atoms with Crippen LogP contribution < -0.4 is 16.0 Å². The van der Waals surface area contributed by atoms with Crippen molar-refractivity contribution in [2.24, 2.45) is 0 Å². The number of hydrogen-bond acceptors (Lipinski definition) is 7. The van der Waals surface area contributed by atoms with E-state index in [1.165, 1.54) is 0 Å². The molecule has 0 fully saturated rings. The lowest BCUT2D eigenvalue weighted by molar-refractivity contribution is 0.0526. The van der Waals surface area contributed by atoms with E-state index in [-0.39, 0.29) is 5.97 Å². The number of aromatic nitrogens is 3. The molecule has 0 saturated heterocycles. The molecule has 3 N–H and O–H groups in total. The molecule has 0 aliphatic heterocycles. The zero-order valence-electron chi connectivity index (χ0n) is 15.5. The molecule has 0 amide bonds. The highest BCUT2D eigenvalue weighted by molar-refractivity contribution is 7.80. The summed E-state index contributed by atoms with van der Waals surface area (Å²) in [6.45, 7) is 4.80. The number of nitrogens with one attached hydrogen (secondary N) is 3. The van der Waals surface area contributed by atoms with Crippen molar-refractivity contribution in [1.82, 2.24) is 20.3 Å². The predicted octanol–water partition coefficient (Wildman–Crippen LogP) is 3.25. The largest absolute Gasteiger partial charge is 0.462 e. The van der Waals surface area contributed by atoms with Gasteiger partial charge in [0.2, 0.25) is 0 Å². The van der Waals surface area contributed by atoms with Crippen LogP contribution in [0.2, 0.25) is 0 Å². The van der Waals surface area contributed by atoms with Gasteiger partial charge >= 0.3 is 5.97 Å². The van der Waals surface area contributed by atoms with E-state index >= 15 is 0 Å². The van der Waals surface area contributed by atoms with Crippen molar-refractivity contribution in [2.75, 3.05) is 23.8 Å². The molecule has 9 heteroatoms. The van der Waals surface area contributed by atoms with Gasteiger partial charge in [-0.2, -0.15) is 0 Å². The zero-order valence-corrected chi connectivity index (χ0v) is 16.3. The molecule has 2 aromatic heterocycles. The number of rotatable bonds is 6. The molecule has 1 aromatic carbocycles. The lowest BCUT2D eigenvalue weighted by Gasteiger charge is -2.09. The Labute approximate surface area is 167 Å². The minimum absolute atomic E-state index is 0.342. The molecule has 144 valence electrons. The second-order valence-corrected chi connectivity index (χ2v) is 6.11. The number of pyridine rings is 1. The van der Waals surface area contributed by atoms with E-state index in [4.69, 9.17) is 17.0 Å². The van der Waals surface area contributed by atoms with Crippen LogP contribution in [0.5, 0.6) is 0 Å². The van der Waals surface area contributed by atoms with Crippen LogP contribution in [-0.4, -0.2) is 39.2 Å². The second-order valence-electron chi connectivity index (χ2n) is 5.70. The first-order valence-electron chi connectivity index (χ1n) is 8.82. The number of carbonyl (C=O) groups is 1. The summed E-state index contributed by atoms with van der Waals surface area (Å²) in [6.07, 6.45) is 1.62. The summed E-state index contributed by atoms with van der Waals surface area (Å²) < 4.78 is 4.98. The van der Waals surface area contributed by atoms with E-state index in [9.17, 15) is 4.79 Å². The summed E-state index contributed by atoms with van der Waals surface area (Å²) >= 11 is 5.17. The Hall–Kier alpha value is -3.33. The van der Waals surface area contributed by atoms with E-state index in [1.807, 2.05) is 13.0 Å². The standard InChI is InChI=1S/C19H20N6O2S/c1-3-20-19(28)25-15-10-9-14-17(23-15)24-16(11-21-14)22-13-7-5-12(6-8-13)18(26)27-4-2/h5-11H,3-4H2,1-2H3,(H3,20,22,23,24,25,28). The molecule has 0 atom stereocenters. The molecule has 28 heavy (non-hydrogen) atoms. The third-order valence-corrected chi connectivity index (χ3v) is 3.90. The van der Waals surface area contributed by atoms with Gasteiger partial charge in [0, 0.05) is 12.2 Å². The van der Waals surface area contributed by atoms with E-state index in [0.29, 0.717) is 40.1 Å². The average Bonchev–Trinajstić information content (AvgIpc) is 2.68. The van der Waals surface area contributed by atoms with Crippen molar-refractivity contribution < 1.29 is 9.53 Å². The molecule has 3 rings (SSSR count). The Morgan fingerprint density at radius 1 is 1.07 bits per heavy atom. The van der Waals surface area contributed by atoms with Crippen molar-refractivity contribution in [3.8, 4) is 0 Å². The minimum atomic E-state index is -0.348. The number of benzene rings is 1. The van der Waals surface area contributed by atoms with Crippen LogP contribution in [-0.2, 0) is 4.74 Å². The van der Waals surface area contributed by atoms with Crippen LogP contribution in [0.3, 0.4) is 0 Å². The quantitative estimate of drug-likeness (QED) is 0.428. The monoisotopic (exact) mass is 396 g/mol. The number of fused-ring (bicyclic) bond motifs is 1. The number of carbonyl (C=O) groups excluding carboxylic acids is 1. The fourth-order valence-corrected chi connectivity index (χ4v) is 2.65. The summed E-state index contributed by atoms with van der Waals surface area (Å²) in [5, 5.41) is 9.66. The Kier molecular flexibility index (Phi) is 6.28. The van der Waals surface area contributed by atoms with Crippen molar-refractivity contribution in [3.63, 3.8) is 0 Å². The molecule has 0 aliphatic carbocycles. The Bertz CT molecular complexity index is 993. The molecule has 0 unspecified atom stereocenters. The molecular weight excluding hydrogens is 376 g/mol. The maximum absolute atomic E-state index is 11.7. The van der Waals surface area contributed by atoms with Crippen LogP contribution >= 0.6 is 12.2 Å². The van der Waals surface area contributed by atoms with Crippen LogP contribution in [0.25, 0.3) is 11.2 Å². The molecule has 2 heterocycles. The Morgan fingerprint density at radius 2 is 1.82 bits per heavy atom. The zero-order chi connectivity index (χ0) is 19.9. The van der Waals surface area contributed by atoms with Crippen molar-refractivity contribution in [2.45, 2.75) is 13.8 Å². The molecule has 0 spiro atoms. The maximum atomic E-state index is 11.7.